The lowest BCUT2D eigenvalue weighted by Crippen LogP contribution is -2.43. The number of nitrogens with zero attached hydrogens (tertiary/aromatic N) is 2. The van der Waals surface area contributed by atoms with Gasteiger partial charge < -0.3 is 10.1 Å². The van der Waals surface area contributed by atoms with E-state index in [4.69, 9.17) is 4.74 Å². The quantitative estimate of drug-likeness (QED) is 0.471. The van der Waals surface area contributed by atoms with Gasteiger partial charge >= 0.3 is 6.09 Å². The maximum atomic E-state index is 13.9. The van der Waals surface area contributed by atoms with Gasteiger partial charge in [0.2, 0.25) is 0 Å². The Hall–Kier alpha value is -2.53. The second-order valence-corrected chi connectivity index (χ2v) is 9.21. The summed E-state index contributed by atoms with van der Waals surface area (Å²) in [7, 11) is 0. The highest BCUT2D eigenvalue weighted by Crippen LogP contribution is 2.29. The van der Waals surface area contributed by atoms with Gasteiger partial charge in [-0.2, -0.15) is 0 Å². The molecule has 0 unspecified atom stereocenters. The highest BCUT2D eigenvalue weighted by atomic mass is 127. The predicted molar refractivity (Wildman–Crippen MR) is 119 cm³/mol. The SMILES string of the molecule is O=C1c2ccc(CC3CNC3)cc2C(=O)N1C[C@H]1CN(c2ccc(I)c(F)c2)C(=O)O1. The number of halogens is 2. The third-order valence-electron chi connectivity index (χ3n) is 5.90. The van der Waals surface area contributed by atoms with Crippen molar-refractivity contribution in [2.24, 2.45) is 5.92 Å². The molecule has 2 saturated heterocycles. The monoisotopic (exact) mass is 535 g/mol. The van der Waals surface area contributed by atoms with Gasteiger partial charge in [0.15, 0.2) is 0 Å². The van der Waals surface area contributed by atoms with Crippen molar-refractivity contribution in [2.75, 3.05) is 31.1 Å². The van der Waals surface area contributed by atoms with Crippen LogP contribution in [0.4, 0.5) is 14.9 Å². The van der Waals surface area contributed by atoms with Gasteiger partial charge in [0, 0.05) is 3.57 Å². The highest BCUT2D eigenvalue weighted by Gasteiger charge is 2.41. The van der Waals surface area contributed by atoms with Crippen molar-refractivity contribution in [3.8, 4) is 0 Å². The van der Waals surface area contributed by atoms with Gasteiger partial charge in [0.25, 0.3) is 11.8 Å². The summed E-state index contributed by atoms with van der Waals surface area (Å²) in [5, 5.41) is 3.23. The van der Waals surface area contributed by atoms with Crippen LogP contribution in [0, 0.1) is 15.3 Å². The molecule has 3 aliphatic heterocycles. The first-order valence-corrected chi connectivity index (χ1v) is 11.1. The fourth-order valence-electron chi connectivity index (χ4n) is 4.14. The summed E-state index contributed by atoms with van der Waals surface area (Å²) in [5.74, 6) is -0.630. The molecule has 3 heterocycles. The Morgan fingerprint density at radius 2 is 1.84 bits per heavy atom. The van der Waals surface area contributed by atoms with Gasteiger partial charge in [-0.1, -0.05) is 6.07 Å². The Balaban J connectivity index is 1.29. The minimum Gasteiger partial charge on any atom is -0.442 e. The van der Waals surface area contributed by atoms with Crippen molar-refractivity contribution in [3.05, 3.63) is 62.5 Å². The summed E-state index contributed by atoms with van der Waals surface area (Å²) in [6.07, 6.45) is -0.444. The number of nitrogens with one attached hydrogen (secondary N) is 1. The molecule has 160 valence electrons. The zero-order chi connectivity index (χ0) is 21.7. The van der Waals surface area contributed by atoms with Crippen molar-refractivity contribution in [1.82, 2.24) is 10.2 Å². The molecule has 5 rings (SSSR count). The van der Waals surface area contributed by atoms with E-state index in [0.29, 0.717) is 26.3 Å². The Kier molecular flexibility index (Phi) is 5.17. The summed E-state index contributed by atoms with van der Waals surface area (Å²) in [5.41, 5.74) is 2.19. The third kappa shape index (κ3) is 3.69. The molecule has 3 amide bonds. The van der Waals surface area contributed by atoms with Crippen LogP contribution in [-0.4, -0.2) is 55.1 Å². The first kappa shape index (κ1) is 20.4. The number of hydrogen-bond donors (Lipinski definition) is 1. The highest BCUT2D eigenvalue weighted by molar-refractivity contribution is 14.1. The summed E-state index contributed by atoms with van der Waals surface area (Å²) in [4.78, 5) is 40.5. The number of hydrogen-bond acceptors (Lipinski definition) is 5. The lowest BCUT2D eigenvalue weighted by atomic mass is 9.93. The largest absolute Gasteiger partial charge is 0.442 e. The van der Waals surface area contributed by atoms with E-state index >= 15 is 0 Å². The van der Waals surface area contributed by atoms with Crippen molar-refractivity contribution >= 4 is 46.2 Å². The molecule has 0 aromatic heterocycles. The smallest absolute Gasteiger partial charge is 0.414 e. The molecule has 31 heavy (non-hydrogen) atoms. The number of cyclic esters (lactones) is 1. The predicted octanol–water partition coefficient (Wildman–Crippen LogP) is 2.81. The fraction of sp³-hybridized carbons (Fsp3) is 0.318. The number of amides is 3. The number of imide groups is 1. The third-order valence-corrected chi connectivity index (χ3v) is 6.78. The molecule has 0 spiro atoms. The zero-order valence-electron chi connectivity index (χ0n) is 16.4. The van der Waals surface area contributed by atoms with E-state index in [0.717, 1.165) is 30.0 Å². The van der Waals surface area contributed by atoms with Crippen LogP contribution < -0.4 is 10.2 Å². The first-order chi connectivity index (χ1) is 14.9. The minimum atomic E-state index is -0.683. The van der Waals surface area contributed by atoms with Crippen molar-refractivity contribution in [3.63, 3.8) is 0 Å². The summed E-state index contributed by atoms with van der Waals surface area (Å²) < 4.78 is 19.7. The Morgan fingerprint density at radius 1 is 1.06 bits per heavy atom. The Bertz CT molecular complexity index is 1100. The molecule has 1 atom stereocenters. The van der Waals surface area contributed by atoms with Crippen LogP contribution in [0.1, 0.15) is 26.3 Å². The molecule has 9 heteroatoms. The van der Waals surface area contributed by atoms with Gasteiger partial charge in [0.05, 0.1) is 29.9 Å². The molecule has 0 bridgehead atoms. The van der Waals surface area contributed by atoms with Gasteiger partial charge in [0.1, 0.15) is 11.9 Å². The summed E-state index contributed by atoms with van der Waals surface area (Å²) in [6, 6.07) is 9.89. The van der Waals surface area contributed by atoms with E-state index in [9.17, 15) is 18.8 Å². The van der Waals surface area contributed by atoms with Crippen LogP contribution in [0.25, 0.3) is 0 Å². The first-order valence-electron chi connectivity index (χ1n) is 10.0. The van der Waals surface area contributed by atoms with Crippen LogP contribution >= 0.6 is 22.6 Å². The van der Waals surface area contributed by atoms with Crippen LogP contribution in [-0.2, 0) is 11.2 Å². The molecular weight excluding hydrogens is 516 g/mol. The number of anilines is 1. The molecule has 2 aromatic rings. The van der Waals surface area contributed by atoms with E-state index in [1.54, 1.807) is 24.3 Å². The van der Waals surface area contributed by atoms with Crippen LogP contribution in [0.2, 0.25) is 0 Å². The summed E-state index contributed by atoms with van der Waals surface area (Å²) >= 11 is 1.87. The van der Waals surface area contributed by atoms with Gasteiger partial charge in [-0.25, -0.2) is 9.18 Å². The average molecular weight is 535 g/mol. The molecule has 0 saturated carbocycles. The van der Waals surface area contributed by atoms with Gasteiger partial charge in [-0.3, -0.25) is 19.4 Å². The second-order valence-electron chi connectivity index (χ2n) is 8.04. The number of rotatable bonds is 5. The van der Waals surface area contributed by atoms with E-state index < -0.39 is 18.0 Å². The molecule has 1 N–H and O–H groups in total. The number of fused-ring (bicyclic) bond motifs is 1. The van der Waals surface area contributed by atoms with E-state index in [1.807, 2.05) is 28.7 Å². The number of carbonyl (C=O) groups is 3. The van der Waals surface area contributed by atoms with Crippen LogP contribution in [0.15, 0.2) is 36.4 Å². The van der Waals surface area contributed by atoms with Gasteiger partial charge in [-0.05, 0) is 83.9 Å². The van der Waals surface area contributed by atoms with Crippen molar-refractivity contribution in [2.45, 2.75) is 12.5 Å². The van der Waals surface area contributed by atoms with Crippen LogP contribution in [0.5, 0.6) is 0 Å². The van der Waals surface area contributed by atoms with Crippen LogP contribution in [0.3, 0.4) is 0 Å². The second kappa shape index (κ2) is 7.86. The van der Waals surface area contributed by atoms with Crippen molar-refractivity contribution < 1.29 is 23.5 Å². The van der Waals surface area contributed by atoms with Crippen molar-refractivity contribution in [1.29, 1.82) is 0 Å². The standard InChI is InChI=1S/C22H19FIN3O4/c23-18-7-14(2-4-19(18)24)26-10-15(31-22(26)30)11-27-20(28)16-3-1-12(5-13-8-25-9-13)6-17(16)21(27)29/h1-4,6-7,13,15,25H,5,8-11H2/t15-/m1/s1. The fourth-order valence-corrected chi connectivity index (χ4v) is 4.48. The topological polar surface area (TPSA) is 79.0 Å². The molecular formula is C22H19FIN3O4. The Morgan fingerprint density at radius 3 is 2.55 bits per heavy atom. The molecule has 2 fully saturated rings. The normalized spacial score (nSPS) is 20.8. The molecule has 2 aromatic carbocycles. The number of carbonyl (C=O) groups excluding carboxylic acids is 3. The molecule has 0 radical (unpaired) electrons. The lowest BCUT2D eigenvalue weighted by molar-refractivity contribution is 0.0558. The molecule has 0 aliphatic carbocycles. The van der Waals surface area contributed by atoms with E-state index in [2.05, 4.69) is 5.32 Å². The number of ether oxygens (including phenoxy) is 1. The molecule has 7 nitrogen and oxygen atoms in total. The zero-order valence-corrected chi connectivity index (χ0v) is 18.6. The minimum absolute atomic E-state index is 0.0384. The maximum absolute atomic E-state index is 13.9. The Labute approximate surface area is 191 Å². The van der Waals surface area contributed by atoms with E-state index in [-0.39, 0.29) is 24.9 Å². The maximum Gasteiger partial charge on any atom is 0.414 e. The van der Waals surface area contributed by atoms with E-state index in [1.165, 1.54) is 11.0 Å². The number of benzene rings is 2. The molecule has 3 aliphatic rings. The van der Waals surface area contributed by atoms with Gasteiger partial charge in [-0.15, -0.1) is 0 Å². The average Bonchev–Trinajstić information content (AvgIpc) is 3.20. The lowest BCUT2D eigenvalue weighted by Gasteiger charge is -2.27. The summed E-state index contributed by atoms with van der Waals surface area (Å²) in [6.45, 7) is 2.02.